The SMILES string of the molecule is COc1cc(/C=C\c2ccccc2NSc2cccc(F)c2)cc(OC)c1OC. The normalized spacial score (nSPS) is 10.8. The fourth-order valence-corrected chi connectivity index (χ4v) is 3.50. The third-order valence-electron chi connectivity index (χ3n) is 4.18. The van der Waals surface area contributed by atoms with Crippen molar-refractivity contribution in [2.75, 3.05) is 26.1 Å². The third kappa shape index (κ3) is 5.23. The van der Waals surface area contributed by atoms with Crippen molar-refractivity contribution >= 4 is 29.8 Å². The Kier molecular flexibility index (Phi) is 7.03. The predicted octanol–water partition coefficient (Wildman–Crippen LogP) is 6.14. The number of hydrogen-bond acceptors (Lipinski definition) is 5. The van der Waals surface area contributed by atoms with Gasteiger partial charge < -0.3 is 18.9 Å². The third-order valence-corrected chi connectivity index (χ3v) is 4.99. The molecular weight excluding hydrogens is 389 g/mol. The minimum absolute atomic E-state index is 0.257. The summed E-state index contributed by atoms with van der Waals surface area (Å²) < 4.78 is 32.8. The van der Waals surface area contributed by atoms with E-state index in [4.69, 9.17) is 14.2 Å². The van der Waals surface area contributed by atoms with Crippen LogP contribution in [0.3, 0.4) is 0 Å². The van der Waals surface area contributed by atoms with Crippen LogP contribution >= 0.6 is 11.9 Å². The molecule has 0 aliphatic heterocycles. The average molecular weight is 411 g/mol. The number of benzene rings is 3. The maximum absolute atomic E-state index is 13.4. The number of rotatable bonds is 8. The Morgan fingerprint density at radius 2 is 1.55 bits per heavy atom. The van der Waals surface area contributed by atoms with Gasteiger partial charge in [0.05, 0.1) is 27.0 Å². The summed E-state index contributed by atoms with van der Waals surface area (Å²) in [4.78, 5) is 0.799. The van der Waals surface area contributed by atoms with Gasteiger partial charge in [-0.15, -0.1) is 0 Å². The first-order valence-corrected chi connectivity index (χ1v) is 9.71. The number of hydrogen-bond donors (Lipinski definition) is 1. The highest BCUT2D eigenvalue weighted by molar-refractivity contribution is 8.00. The Morgan fingerprint density at radius 1 is 0.828 bits per heavy atom. The van der Waals surface area contributed by atoms with E-state index < -0.39 is 0 Å². The first-order chi connectivity index (χ1) is 14.1. The van der Waals surface area contributed by atoms with Crippen LogP contribution in [0.2, 0.25) is 0 Å². The van der Waals surface area contributed by atoms with Gasteiger partial charge in [0, 0.05) is 4.90 Å². The van der Waals surface area contributed by atoms with Crippen LogP contribution in [0.15, 0.2) is 65.6 Å². The molecule has 3 aromatic rings. The second kappa shape index (κ2) is 9.89. The van der Waals surface area contributed by atoms with Crippen LogP contribution in [0.5, 0.6) is 17.2 Å². The van der Waals surface area contributed by atoms with Crippen molar-refractivity contribution in [1.29, 1.82) is 0 Å². The van der Waals surface area contributed by atoms with Crippen LogP contribution in [-0.2, 0) is 0 Å². The largest absolute Gasteiger partial charge is 0.493 e. The van der Waals surface area contributed by atoms with Gasteiger partial charge in [-0.25, -0.2) is 4.39 Å². The summed E-state index contributed by atoms with van der Waals surface area (Å²) in [5.74, 6) is 1.49. The van der Waals surface area contributed by atoms with Gasteiger partial charge in [-0.2, -0.15) is 0 Å². The van der Waals surface area contributed by atoms with Gasteiger partial charge in [-0.05, 0) is 59.5 Å². The monoisotopic (exact) mass is 411 g/mol. The molecule has 0 aliphatic carbocycles. The van der Waals surface area contributed by atoms with Crippen LogP contribution in [0, 0.1) is 5.82 Å². The summed E-state index contributed by atoms with van der Waals surface area (Å²) in [6.45, 7) is 0. The van der Waals surface area contributed by atoms with Crippen LogP contribution in [0.1, 0.15) is 11.1 Å². The van der Waals surface area contributed by atoms with Gasteiger partial charge in [-0.1, -0.05) is 36.4 Å². The second-order valence-electron chi connectivity index (χ2n) is 6.04. The molecule has 4 nitrogen and oxygen atoms in total. The smallest absolute Gasteiger partial charge is 0.203 e. The number of nitrogens with one attached hydrogen (secondary N) is 1. The molecule has 29 heavy (non-hydrogen) atoms. The molecule has 0 aliphatic rings. The highest BCUT2D eigenvalue weighted by atomic mass is 32.2. The van der Waals surface area contributed by atoms with E-state index in [0.717, 1.165) is 21.7 Å². The van der Waals surface area contributed by atoms with Gasteiger partial charge in [0.25, 0.3) is 0 Å². The van der Waals surface area contributed by atoms with E-state index in [-0.39, 0.29) is 5.82 Å². The fraction of sp³-hybridized carbons (Fsp3) is 0.130. The van der Waals surface area contributed by atoms with E-state index in [1.165, 1.54) is 24.1 Å². The van der Waals surface area contributed by atoms with Gasteiger partial charge in [0.1, 0.15) is 5.82 Å². The molecule has 1 N–H and O–H groups in total. The fourth-order valence-electron chi connectivity index (χ4n) is 2.76. The van der Waals surface area contributed by atoms with E-state index in [0.29, 0.717) is 17.2 Å². The molecule has 0 atom stereocenters. The van der Waals surface area contributed by atoms with Crippen molar-refractivity contribution in [2.24, 2.45) is 0 Å². The Morgan fingerprint density at radius 3 is 2.21 bits per heavy atom. The first kappa shape index (κ1) is 20.6. The summed E-state index contributed by atoms with van der Waals surface area (Å²) in [5, 5.41) is 0. The Labute approximate surface area is 174 Å². The Balaban J connectivity index is 1.82. The van der Waals surface area contributed by atoms with Gasteiger partial charge in [-0.3, -0.25) is 0 Å². The van der Waals surface area contributed by atoms with Crippen molar-refractivity contribution in [3.8, 4) is 17.2 Å². The van der Waals surface area contributed by atoms with E-state index in [9.17, 15) is 4.39 Å². The molecule has 0 radical (unpaired) electrons. The average Bonchev–Trinajstić information content (AvgIpc) is 2.76. The molecule has 3 rings (SSSR count). The van der Waals surface area contributed by atoms with Crippen molar-refractivity contribution in [1.82, 2.24) is 0 Å². The predicted molar refractivity (Wildman–Crippen MR) is 117 cm³/mol. The highest BCUT2D eigenvalue weighted by Crippen LogP contribution is 2.38. The summed E-state index contributed by atoms with van der Waals surface area (Å²) >= 11 is 1.36. The minimum Gasteiger partial charge on any atom is -0.493 e. The first-order valence-electron chi connectivity index (χ1n) is 8.90. The van der Waals surface area contributed by atoms with Crippen molar-refractivity contribution in [3.05, 3.63) is 77.6 Å². The maximum Gasteiger partial charge on any atom is 0.203 e. The van der Waals surface area contributed by atoms with Crippen molar-refractivity contribution < 1.29 is 18.6 Å². The molecule has 0 spiro atoms. The van der Waals surface area contributed by atoms with E-state index >= 15 is 0 Å². The van der Waals surface area contributed by atoms with Gasteiger partial charge in [0.2, 0.25) is 5.75 Å². The standard InChI is InChI=1S/C23H22FNO3S/c1-26-21-13-16(14-22(27-2)23(21)28-3)11-12-17-7-4-5-10-20(17)25-29-19-9-6-8-18(24)15-19/h4-15,25H,1-3H3/b12-11-. The van der Waals surface area contributed by atoms with Crippen molar-refractivity contribution in [2.45, 2.75) is 4.90 Å². The van der Waals surface area contributed by atoms with Crippen LogP contribution in [0.25, 0.3) is 12.2 Å². The molecule has 150 valence electrons. The molecule has 0 saturated heterocycles. The lowest BCUT2D eigenvalue weighted by Gasteiger charge is -2.13. The molecule has 0 aromatic heterocycles. The molecule has 0 heterocycles. The number of para-hydroxylation sites is 1. The zero-order valence-electron chi connectivity index (χ0n) is 16.4. The molecule has 0 unspecified atom stereocenters. The minimum atomic E-state index is -0.257. The molecular formula is C23H22FNO3S. The van der Waals surface area contributed by atoms with E-state index in [2.05, 4.69) is 4.72 Å². The molecule has 3 aromatic carbocycles. The number of methoxy groups -OCH3 is 3. The lowest BCUT2D eigenvalue weighted by Crippen LogP contribution is -1.95. The zero-order chi connectivity index (χ0) is 20.6. The van der Waals surface area contributed by atoms with E-state index in [1.807, 2.05) is 54.6 Å². The van der Waals surface area contributed by atoms with Crippen LogP contribution < -0.4 is 18.9 Å². The second-order valence-corrected chi connectivity index (χ2v) is 6.92. The number of ether oxygens (including phenoxy) is 3. The summed E-state index contributed by atoms with van der Waals surface area (Å²) in [6, 6.07) is 18.1. The summed E-state index contributed by atoms with van der Waals surface area (Å²) in [5.41, 5.74) is 2.82. The Bertz CT molecular complexity index is 982. The highest BCUT2D eigenvalue weighted by Gasteiger charge is 2.12. The number of anilines is 1. The number of halogens is 1. The van der Waals surface area contributed by atoms with Gasteiger partial charge in [0.15, 0.2) is 11.5 Å². The quantitative estimate of drug-likeness (QED) is 0.356. The summed E-state index contributed by atoms with van der Waals surface area (Å²) in [6.07, 6.45) is 3.97. The molecule has 0 fully saturated rings. The molecule has 0 bridgehead atoms. The van der Waals surface area contributed by atoms with Gasteiger partial charge >= 0.3 is 0 Å². The maximum atomic E-state index is 13.4. The molecule has 6 heteroatoms. The van der Waals surface area contributed by atoms with Crippen LogP contribution in [0.4, 0.5) is 10.1 Å². The van der Waals surface area contributed by atoms with Crippen LogP contribution in [-0.4, -0.2) is 21.3 Å². The lowest BCUT2D eigenvalue weighted by atomic mass is 10.1. The molecule has 0 saturated carbocycles. The van der Waals surface area contributed by atoms with Crippen molar-refractivity contribution in [3.63, 3.8) is 0 Å². The molecule has 0 amide bonds. The summed E-state index contributed by atoms with van der Waals surface area (Å²) in [7, 11) is 4.76. The van der Waals surface area contributed by atoms with E-state index in [1.54, 1.807) is 27.4 Å². The topological polar surface area (TPSA) is 39.7 Å². The lowest BCUT2D eigenvalue weighted by molar-refractivity contribution is 0.324. The Hall–Kier alpha value is -3.12. The zero-order valence-corrected chi connectivity index (χ0v) is 17.3.